The molecule has 0 aromatic heterocycles. The van der Waals surface area contributed by atoms with Crippen molar-refractivity contribution in [2.45, 2.75) is 6.42 Å². The Bertz CT molecular complexity index is 223. The van der Waals surface area contributed by atoms with Gasteiger partial charge in [0.05, 0.1) is 6.61 Å². The molecule has 0 saturated heterocycles. The molecule has 46 valence electrons. The maximum Gasteiger partial charge on any atom is 0.314 e. The fraction of sp³-hybridized carbons (Fsp3) is 0.333. The minimum Gasteiger partial charge on any atom is -0.463 e. The van der Waals surface area contributed by atoms with E-state index in [9.17, 15) is 0 Å². The van der Waals surface area contributed by atoms with Crippen LogP contribution in [0.3, 0.4) is 0 Å². The SMILES string of the molecule is C1=CC2=C(OCC2)ON=1. The van der Waals surface area contributed by atoms with Gasteiger partial charge in [-0.3, -0.25) is 0 Å². The van der Waals surface area contributed by atoms with E-state index < -0.39 is 0 Å². The van der Waals surface area contributed by atoms with E-state index >= 15 is 0 Å². The maximum absolute atomic E-state index is 5.05. The summed E-state index contributed by atoms with van der Waals surface area (Å²) in [6, 6.07) is 0. The number of allylic oxidation sites excluding steroid dienone is 1. The molecule has 0 unspecified atom stereocenters. The first kappa shape index (κ1) is 4.65. The number of nitrogens with zero attached hydrogens (tertiary/aromatic N) is 1. The largest absolute Gasteiger partial charge is 0.463 e. The van der Waals surface area contributed by atoms with Gasteiger partial charge in [0.1, 0.15) is 0 Å². The molecule has 0 radical (unpaired) electrons. The summed E-state index contributed by atoms with van der Waals surface area (Å²) in [6.45, 7) is 0.707. The van der Waals surface area contributed by atoms with Gasteiger partial charge in [0.25, 0.3) is 0 Å². The summed E-state index contributed by atoms with van der Waals surface area (Å²) in [5.74, 6) is 3.15. The lowest BCUT2D eigenvalue weighted by atomic mass is 10.2. The first-order chi connectivity index (χ1) is 4.47. The Morgan fingerprint density at radius 3 is 3.56 bits per heavy atom. The van der Waals surface area contributed by atoms with Gasteiger partial charge in [-0.2, -0.15) is 0 Å². The first-order valence-electron chi connectivity index (χ1n) is 2.78. The first-order valence-corrected chi connectivity index (χ1v) is 2.78. The molecular formula is C6H5NO2. The summed E-state index contributed by atoms with van der Waals surface area (Å²) in [5.41, 5.74) is 1.06. The lowest BCUT2D eigenvalue weighted by Crippen LogP contribution is -1.90. The van der Waals surface area contributed by atoms with Crippen molar-refractivity contribution in [2.24, 2.45) is 5.16 Å². The predicted octanol–water partition coefficient (Wildman–Crippen LogP) is 0.789. The van der Waals surface area contributed by atoms with E-state index in [1.165, 1.54) is 0 Å². The Morgan fingerprint density at radius 2 is 2.67 bits per heavy atom. The van der Waals surface area contributed by atoms with Gasteiger partial charge >= 0.3 is 5.95 Å². The van der Waals surface area contributed by atoms with E-state index in [0.717, 1.165) is 12.0 Å². The smallest absolute Gasteiger partial charge is 0.314 e. The number of hydrogen-bond acceptors (Lipinski definition) is 3. The standard InChI is InChI=1S/C6H5NO2/c1-3-7-9-6-5(1)2-4-8-6/h1H,2,4H2. The van der Waals surface area contributed by atoms with Crippen molar-refractivity contribution in [3.63, 3.8) is 0 Å². The fourth-order valence-electron chi connectivity index (χ4n) is 0.837. The van der Waals surface area contributed by atoms with Gasteiger partial charge in [0.2, 0.25) is 0 Å². The zero-order valence-corrected chi connectivity index (χ0v) is 4.76. The molecule has 0 aliphatic carbocycles. The van der Waals surface area contributed by atoms with Crippen LogP contribution < -0.4 is 0 Å². The third kappa shape index (κ3) is 0.625. The lowest BCUT2D eigenvalue weighted by molar-refractivity contribution is 0.0565. The van der Waals surface area contributed by atoms with E-state index in [1.807, 2.05) is 0 Å². The lowest BCUT2D eigenvalue weighted by Gasteiger charge is -1.99. The van der Waals surface area contributed by atoms with E-state index in [-0.39, 0.29) is 0 Å². The Hall–Kier alpha value is -1.21. The number of ether oxygens (including phenoxy) is 1. The van der Waals surface area contributed by atoms with Gasteiger partial charge in [-0.05, 0) is 5.16 Å². The van der Waals surface area contributed by atoms with Crippen LogP contribution in [0.2, 0.25) is 0 Å². The highest BCUT2D eigenvalue weighted by atomic mass is 16.8. The second kappa shape index (κ2) is 1.64. The Labute approximate surface area is 52.2 Å². The van der Waals surface area contributed by atoms with Crippen LogP contribution in [-0.4, -0.2) is 12.5 Å². The minimum atomic E-state index is 0.550. The predicted molar refractivity (Wildman–Crippen MR) is 30.7 cm³/mol. The molecule has 0 bridgehead atoms. The van der Waals surface area contributed by atoms with E-state index in [2.05, 4.69) is 11.0 Å². The van der Waals surface area contributed by atoms with Crippen molar-refractivity contribution in [2.75, 3.05) is 6.61 Å². The molecule has 0 atom stereocenters. The zero-order valence-electron chi connectivity index (χ0n) is 4.76. The summed E-state index contributed by atoms with van der Waals surface area (Å²) < 4.78 is 5.05. The van der Waals surface area contributed by atoms with Crippen molar-refractivity contribution in [1.29, 1.82) is 0 Å². The molecule has 0 spiro atoms. The van der Waals surface area contributed by atoms with Gasteiger partial charge in [-0.1, -0.05) is 0 Å². The maximum atomic E-state index is 5.05. The van der Waals surface area contributed by atoms with Gasteiger partial charge in [-0.15, -0.1) is 0 Å². The monoisotopic (exact) mass is 123 g/mol. The van der Waals surface area contributed by atoms with Crippen LogP contribution >= 0.6 is 0 Å². The number of hydrogen-bond donors (Lipinski definition) is 0. The van der Waals surface area contributed by atoms with Crippen molar-refractivity contribution in [3.8, 4) is 0 Å². The molecular weight excluding hydrogens is 118 g/mol. The molecule has 3 nitrogen and oxygen atoms in total. The van der Waals surface area contributed by atoms with Crippen molar-refractivity contribution < 1.29 is 9.57 Å². The average Bonchev–Trinajstić information content (AvgIpc) is 2.33. The Kier molecular flexibility index (Phi) is 0.846. The highest BCUT2D eigenvalue weighted by Gasteiger charge is 2.17. The molecule has 2 aliphatic heterocycles. The van der Waals surface area contributed by atoms with Crippen molar-refractivity contribution in [1.82, 2.24) is 0 Å². The summed E-state index contributed by atoms with van der Waals surface area (Å²) in [7, 11) is 0. The van der Waals surface area contributed by atoms with Crippen LogP contribution in [0.1, 0.15) is 6.42 Å². The molecule has 0 aromatic rings. The third-order valence-corrected chi connectivity index (χ3v) is 1.29. The van der Waals surface area contributed by atoms with Crippen LogP contribution in [0.4, 0.5) is 0 Å². The molecule has 0 saturated carbocycles. The van der Waals surface area contributed by atoms with Crippen LogP contribution in [0.15, 0.2) is 22.8 Å². The van der Waals surface area contributed by atoms with Crippen LogP contribution in [0, 0.1) is 0 Å². The van der Waals surface area contributed by atoms with Gasteiger partial charge in [0.15, 0.2) is 0 Å². The number of rotatable bonds is 0. The van der Waals surface area contributed by atoms with Crippen LogP contribution in [-0.2, 0) is 9.57 Å². The van der Waals surface area contributed by atoms with Gasteiger partial charge < -0.3 is 9.57 Å². The van der Waals surface area contributed by atoms with Crippen molar-refractivity contribution in [3.05, 3.63) is 17.6 Å². The zero-order chi connectivity index (χ0) is 6.10. The fourth-order valence-corrected chi connectivity index (χ4v) is 0.837. The summed E-state index contributed by atoms with van der Waals surface area (Å²) in [5, 5.41) is 3.43. The van der Waals surface area contributed by atoms with E-state index in [4.69, 9.17) is 9.57 Å². The second-order valence-corrected chi connectivity index (χ2v) is 1.87. The van der Waals surface area contributed by atoms with Gasteiger partial charge in [0, 0.05) is 23.9 Å². The van der Waals surface area contributed by atoms with Crippen LogP contribution in [0.5, 0.6) is 0 Å². The molecule has 2 heterocycles. The topological polar surface area (TPSA) is 30.8 Å². The summed E-state index contributed by atoms with van der Waals surface area (Å²) in [6.07, 6.45) is 2.70. The normalized spacial score (nSPS) is 21.3. The third-order valence-electron chi connectivity index (χ3n) is 1.29. The molecule has 0 aromatic carbocycles. The highest BCUT2D eigenvalue weighted by molar-refractivity contribution is 5.58. The second-order valence-electron chi connectivity index (χ2n) is 1.87. The van der Waals surface area contributed by atoms with Gasteiger partial charge in [-0.25, -0.2) is 0 Å². The van der Waals surface area contributed by atoms with Crippen molar-refractivity contribution >= 4 is 5.87 Å². The Balaban J connectivity index is 2.37. The molecule has 0 amide bonds. The van der Waals surface area contributed by atoms with E-state index in [1.54, 1.807) is 6.08 Å². The molecule has 3 heteroatoms. The molecule has 2 aliphatic rings. The minimum absolute atomic E-state index is 0.550. The highest BCUT2D eigenvalue weighted by Crippen LogP contribution is 2.21. The summed E-state index contributed by atoms with van der Waals surface area (Å²) in [4.78, 5) is 4.74. The summed E-state index contributed by atoms with van der Waals surface area (Å²) >= 11 is 0. The molecule has 0 fully saturated rings. The Morgan fingerprint density at radius 1 is 1.67 bits per heavy atom. The quantitative estimate of drug-likeness (QED) is 0.476. The molecule has 0 N–H and O–H groups in total. The van der Waals surface area contributed by atoms with Crippen LogP contribution in [0.25, 0.3) is 0 Å². The average molecular weight is 123 g/mol. The molecule has 9 heavy (non-hydrogen) atoms. The van der Waals surface area contributed by atoms with E-state index in [0.29, 0.717) is 12.6 Å². The molecule has 2 rings (SSSR count).